The third-order valence-electron chi connectivity index (χ3n) is 3.41. The molecule has 0 spiro atoms. The molecule has 0 saturated heterocycles. The van der Waals surface area contributed by atoms with Crippen LogP contribution in [0.1, 0.15) is 21.8 Å². The molecule has 0 bridgehead atoms. The van der Waals surface area contributed by atoms with Crippen molar-refractivity contribution in [3.05, 3.63) is 75.6 Å². The Labute approximate surface area is 143 Å². The Kier molecular flexibility index (Phi) is 5.10. The maximum atomic E-state index is 12.8. The second-order valence-corrected chi connectivity index (χ2v) is 6.20. The van der Waals surface area contributed by atoms with Crippen LogP contribution in [0.25, 0.3) is 0 Å². The van der Waals surface area contributed by atoms with Crippen molar-refractivity contribution in [2.75, 3.05) is 6.54 Å². The van der Waals surface area contributed by atoms with Crippen LogP contribution in [0.5, 0.6) is 0 Å². The number of hydrogen-bond acceptors (Lipinski definition) is 4. The van der Waals surface area contributed by atoms with E-state index >= 15 is 0 Å². The fourth-order valence-corrected chi connectivity index (χ4v) is 3.04. The zero-order valence-corrected chi connectivity index (χ0v) is 13.9. The monoisotopic (exact) mass is 346 g/mol. The largest absolute Gasteiger partial charge is 0.467 e. The fourth-order valence-electron chi connectivity index (χ4n) is 2.26. The first-order valence-electron chi connectivity index (χ1n) is 7.16. The van der Waals surface area contributed by atoms with E-state index in [1.165, 1.54) is 0 Å². The molecule has 1 aromatic carbocycles. The van der Waals surface area contributed by atoms with Gasteiger partial charge in [-0.3, -0.25) is 4.79 Å². The molecule has 3 rings (SSSR count). The molecule has 0 radical (unpaired) electrons. The third kappa shape index (κ3) is 4.21. The van der Waals surface area contributed by atoms with Crippen molar-refractivity contribution in [2.24, 2.45) is 0 Å². The zero-order valence-electron chi connectivity index (χ0n) is 12.3. The third-order valence-corrected chi connectivity index (χ3v) is 4.28. The summed E-state index contributed by atoms with van der Waals surface area (Å²) in [6, 6.07) is 10.7. The molecule has 0 aliphatic heterocycles. The molecule has 2 aromatic heterocycles. The number of thiazole rings is 1. The Morgan fingerprint density at radius 3 is 2.91 bits per heavy atom. The summed E-state index contributed by atoms with van der Waals surface area (Å²) < 4.78 is 5.38. The summed E-state index contributed by atoms with van der Waals surface area (Å²) in [5.74, 6) is 0.679. The van der Waals surface area contributed by atoms with Crippen molar-refractivity contribution in [2.45, 2.75) is 13.0 Å². The van der Waals surface area contributed by atoms with Crippen molar-refractivity contribution in [3.8, 4) is 0 Å². The van der Waals surface area contributed by atoms with E-state index in [0.717, 1.165) is 11.5 Å². The minimum atomic E-state index is -0.0703. The van der Waals surface area contributed by atoms with E-state index in [1.54, 1.807) is 52.3 Å². The van der Waals surface area contributed by atoms with Crippen LogP contribution in [-0.2, 0) is 13.0 Å². The number of benzene rings is 1. The predicted octanol–water partition coefficient (Wildman–Crippen LogP) is 4.27. The van der Waals surface area contributed by atoms with E-state index in [2.05, 4.69) is 4.98 Å². The summed E-state index contributed by atoms with van der Waals surface area (Å²) in [4.78, 5) is 18.8. The Hall–Kier alpha value is -2.11. The van der Waals surface area contributed by atoms with E-state index in [0.29, 0.717) is 30.1 Å². The lowest BCUT2D eigenvalue weighted by Crippen LogP contribution is -2.32. The van der Waals surface area contributed by atoms with Crippen LogP contribution in [0, 0.1) is 0 Å². The minimum absolute atomic E-state index is 0.0703. The number of nitrogens with zero attached hydrogens (tertiary/aromatic N) is 2. The smallest absolute Gasteiger partial charge is 0.254 e. The molecule has 1 amide bonds. The van der Waals surface area contributed by atoms with Gasteiger partial charge in [-0.05, 0) is 30.3 Å². The van der Waals surface area contributed by atoms with Crippen LogP contribution in [0.2, 0.25) is 5.02 Å². The summed E-state index contributed by atoms with van der Waals surface area (Å²) in [6.45, 7) is 0.984. The first kappa shape index (κ1) is 15.8. The van der Waals surface area contributed by atoms with Crippen molar-refractivity contribution < 1.29 is 9.21 Å². The number of hydrogen-bond donors (Lipinski definition) is 0. The average Bonchev–Trinajstić information content (AvgIpc) is 3.24. The summed E-state index contributed by atoms with van der Waals surface area (Å²) in [5, 5.41) is 2.54. The highest BCUT2D eigenvalue weighted by Crippen LogP contribution is 2.16. The second-order valence-electron chi connectivity index (χ2n) is 5.05. The second kappa shape index (κ2) is 7.44. The highest BCUT2D eigenvalue weighted by atomic mass is 35.5. The first-order chi connectivity index (χ1) is 11.2. The normalized spacial score (nSPS) is 10.7. The summed E-state index contributed by atoms with van der Waals surface area (Å²) in [7, 11) is 0. The molecule has 0 aliphatic rings. The Morgan fingerprint density at radius 2 is 2.22 bits per heavy atom. The number of carbonyl (C=O) groups is 1. The summed E-state index contributed by atoms with van der Waals surface area (Å²) in [5.41, 5.74) is 3.35. The van der Waals surface area contributed by atoms with Crippen molar-refractivity contribution >= 4 is 28.8 Å². The van der Waals surface area contributed by atoms with E-state index in [9.17, 15) is 4.79 Å². The van der Waals surface area contributed by atoms with Gasteiger partial charge in [-0.25, -0.2) is 4.98 Å². The molecular formula is C17H15ClN2O2S. The molecule has 118 valence electrons. The van der Waals surface area contributed by atoms with Crippen LogP contribution in [0.15, 0.2) is 58.0 Å². The lowest BCUT2D eigenvalue weighted by atomic mass is 10.2. The maximum absolute atomic E-state index is 12.8. The van der Waals surface area contributed by atoms with Crippen LogP contribution >= 0.6 is 22.9 Å². The van der Waals surface area contributed by atoms with Crippen molar-refractivity contribution in [1.29, 1.82) is 0 Å². The number of aromatic nitrogens is 1. The van der Waals surface area contributed by atoms with Crippen molar-refractivity contribution in [3.63, 3.8) is 0 Å². The van der Waals surface area contributed by atoms with Gasteiger partial charge in [0.1, 0.15) is 5.76 Å². The quantitative estimate of drug-likeness (QED) is 0.669. The molecule has 0 fully saturated rings. The van der Waals surface area contributed by atoms with E-state index < -0.39 is 0 Å². The van der Waals surface area contributed by atoms with Gasteiger partial charge in [-0.2, -0.15) is 0 Å². The van der Waals surface area contributed by atoms with Gasteiger partial charge >= 0.3 is 0 Å². The van der Waals surface area contributed by atoms with E-state index in [4.69, 9.17) is 16.0 Å². The van der Waals surface area contributed by atoms with Crippen LogP contribution in [0.3, 0.4) is 0 Å². The Morgan fingerprint density at radius 1 is 1.30 bits per heavy atom. The van der Waals surface area contributed by atoms with Gasteiger partial charge in [0.15, 0.2) is 0 Å². The number of rotatable bonds is 6. The standard InChI is InChI=1S/C17H15ClN2O2S/c18-14-4-1-3-13(9-14)17(21)20(10-16-5-2-8-22-16)7-6-15-11-23-12-19-15/h1-5,8-9,11-12H,6-7,10H2. The average molecular weight is 347 g/mol. The Balaban J connectivity index is 1.77. The van der Waals surface area contributed by atoms with Gasteiger partial charge in [0, 0.05) is 28.9 Å². The Bertz CT molecular complexity index is 757. The number of halogens is 1. The molecule has 0 atom stereocenters. The van der Waals surface area contributed by atoms with Crippen LogP contribution < -0.4 is 0 Å². The van der Waals surface area contributed by atoms with Crippen LogP contribution in [-0.4, -0.2) is 22.3 Å². The molecule has 0 N–H and O–H groups in total. The topological polar surface area (TPSA) is 46.3 Å². The molecule has 0 unspecified atom stereocenters. The summed E-state index contributed by atoms with van der Waals surface area (Å²) >= 11 is 7.55. The van der Waals surface area contributed by atoms with Gasteiger partial charge in [0.25, 0.3) is 5.91 Å². The number of carbonyl (C=O) groups excluding carboxylic acids is 1. The molecule has 3 aromatic rings. The van der Waals surface area contributed by atoms with Gasteiger partial charge in [0.05, 0.1) is 24.0 Å². The van der Waals surface area contributed by atoms with Gasteiger partial charge in [-0.1, -0.05) is 17.7 Å². The lowest BCUT2D eigenvalue weighted by molar-refractivity contribution is 0.0733. The highest BCUT2D eigenvalue weighted by Gasteiger charge is 2.18. The first-order valence-corrected chi connectivity index (χ1v) is 8.49. The maximum Gasteiger partial charge on any atom is 0.254 e. The molecule has 0 saturated carbocycles. The minimum Gasteiger partial charge on any atom is -0.467 e. The molecular weight excluding hydrogens is 332 g/mol. The molecule has 0 aliphatic carbocycles. The van der Waals surface area contributed by atoms with Gasteiger partial charge in [-0.15, -0.1) is 11.3 Å². The molecule has 6 heteroatoms. The van der Waals surface area contributed by atoms with Gasteiger partial charge < -0.3 is 9.32 Å². The summed E-state index contributed by atoms with van der Waals surface area (Å²) in [6.07, 6.45) is 2.31. The number of amides is 1. The SMILES string of the molecule is O=C(c1cccc(Cl)c1)N(CCc1cscn1)Cc1ccco1. The van der Waals surface area contributed by atoms with Crippen molar-refractivity contribution in [1.82, 2.24) is 9.88 Å². The number of furan rings is 1. The van der Waals surface area contributed by atoms with Gasteiger partial charge in [0.2, 0.25) is 0 Å². The fraction of sp³-hybridized carbons (Fsp3) is 0.176. The van der Waals surface area contributed by atoms with E-state index in [1.807, 2.05) is 17.5 Å². The van der Waals surface area contributed by atoms with Crippen LogP contribution in [0.4, 0.5) is 0 Å². The lowest BCUT2D eigenvalue weighted by Gasteiger charge is -2.21. The molecule has 23 heavy (non-hydrogen) atoms. The molecule has 4 nitrogen and oxygen atoms in total. The zero-order chi connectivity index (χ0) is 16.1. The highest BCUT2D eigenvalue weighted by molar-refractivity contribution is 7.07. The van der Waals surface area contributed by atoms with E-state index in [-0.39, 0.29) is 5.91 Å². The molecule has 2 heterocycles. The predicted molar refractivity (Wildman–Crippen MR) is 90.7 cm³/mol.